The molecule has 0 amide bonds. The minimum atomic E-state index is -0.438. The minimum absolute atomic E-state index is 0.0575. The number of quaternary nitrogens is 1. The summed E-state index contributed by atoms with van der Waals surface area (Å²) in [6, 6.07) is 10.2. The van der Waals surface area contributed by atoms with Crippen molar-refractivity contribution in [1.82, 2.24) is 0 Å². The molecule has 0 saturated carbocycles. The van der Waals surface area contributed by atoms with Gasteiger partial charge in [-0.15, -0.1) is 0 Å². The highest BCUT2D eigenvalue weighted by Crippen LogP contribution is 2.34. The molecule has 2 N–H and O–H groups in total. The predicted octanol–water partition coefficient (Wildman–Crippen LogP) is 5.03. The van der Waals surface area contributed by atoms with E-state index in [1.54, 1.807) is 0 Å². The fourth-order valence-corrected chi connectivity index (χ4v) is 4.39. The van der Waals surface area contributed by atoms with Crippen LogP contribution in [0.2, 0.25) is 0 Å². The lowest BCUT2D eigenvalue weighted by Gasteiger charge is -2.36. The Bertz CT molecular complexity index is 675. The molecule has 32 heavy (non-hydrogen) atoms. The van der Waals surface area contributed by atoms with Gasteiger partial charge in [-0.2, -0.15) is 0 Å². The van der Waals surface area contributed by atoms with Crippen LogP contribution in [0.25, 0.3) is 0 Å². The number of unbranched alkanes of at least 4 members (excludes halogenated alkanes) is 7. The molecular weight excluding hydrogens is 402 g/mol. The van der Waals surface area contributed by atoms with Crippen molar-refractivity contribution in [2.24, 2.45) is 0 Å². The monoisotopic (exact) mass is 446 g/mol. The topological polar surface area (TPSA) is 69.2 Å². The van der Waals surface area contributed by atoms with Gasteiger partial charge in [0.15, 0.2) is 0 Å². The molecule has 0 aromatic heterocycles. The van der Waals surface area contributed by atoms with E-state index < -0.39 is 5.60 Å². The first-order chi connectivity index (χ1) is 15.3. The van der Waals surface area contributed by atoms with E-state index in [4.69, 9.17) is 9.47 Å². The molecule has 0 bridgehead atoms. The predicted molar refractivity (Wildman–Crippen MR) is 127 cm³/mol. The van der Waals surface area contributed by atoms with E-state index in [1.165, 1.54) is 12.8 Å². The molecule has 5 heteroatoms. The SMILES string of the molecule is CC(C)(C)OC(=O)CCCCCCCCCCC(=O)OC1(c2ccccc2)CC[NH2+]CC1. The van der Waals surface area contributed by atoms with Crippen LogP contribution < -0.4 is 5.32 Å². The summed E-state index contributed by atoms with van der Waals surface area (Å²) in [5.41, 5.74) is 0.306. The van der Waals surface area contributed by atoms with Crippen molar-refractivity contribution in [1.29, 1.82) is 0 Å². The Morgan fingerprint density at radius 3 is 1.84 bits per heavy atom. The third-order valence-electron chi connectivity index (χ3n) is 6.05. The third kappa shape index (κ3) is 10.2. The van der Waals surface area contributed by atoms with Gasteiger partial charge in [0.1, 0.15) is 11.2 Å². The fraction of sp³-hybridized carbons (Fsp3) is 0.704. The third-order valence-corrected chi connectivity index (χ3v) is 6.05. The average molecular weight is 447 g/mol. The smallest absolute Gasteiger partial charge is 0.306 e. The van der Waals surface area contributed by atoms with Crippen LogP contribution >= 0.6 is 0 Å². The van der Waals surface area contributed by atoms with Crippen LogP contribution in [-0.2, 0) is 24.7 Å². The maximum atomic E-state index is 12.6. The molecule has 0 atom stereocenters. The molecular formula is C27H44NO4+. The van der Waals surface area contributed by atoms with E-state index in [0.29, 0.717) is 12.8 Å². The molecule has 5 nitrogen and oxygen atoms in total. The number of ether oxygens (including phenoxy) is 2. The second-order valence-corrected chi connectivity index (χ2v) is 10.1. The molecule has 0 radical (unpaired) electrons. The molecule has 2 rings (SSSR count). The van der Waals surface area contributed by atoms with Crippen molar-refractivity contribution in [3.05, 3.63) is 35.9 Å². The van der Waals surface area contributed by atoms with Gasteiger partial charge in [-0.1, -0.05) is 68.9 Å². The molecule has 0 unspecified atom stereocenters. The van der Waals surface area contributed by atoms with Gasteiger partial charge in [-0.3, -0.25) is 9.59 Å². The van der Waals surface area contributed by atoms with Gasteiger partial charge in [-0.05, 0) is 39.2 Å². The molecule has 0 aliphatic carbocycles. The maximum absolute atomic E-state index is 12.6. The maximum Gasteiger partial charge on any atom is 0.306 e. The summed E-state index contributed by atoms with van der Waals surface area (Å²) in [4.78, 5) is 24.3. The Morgan fingerprint density at radius 2 is 1.31 bits per heavy atom. The lowest BCUT2D eigenvalue weighted by Crippen LogP contribution is -2.87. The summed E-state index contributed by atoms with van der Waals surface area (Å²) in [6.45, 7) is 7.71. The van der Waals surface area contributed by atoms with Crippen molar-refractivity contribution in [3.8, 4) is 0 Å². The standard InChI is InChI=1S/C27H43NO4/c1-26(2,3)31-24(29)17-13-8-6-4-5-7-9-14-18-25(30)32-27(19-21-28-22-20-27)23-15-11-10-12-16-23/h10-12,15-16,28H,4-9,13-14,17-22H2,1-3H3/p+1. The van der Waals surface area contributed by atoms with Gasteiger partial charge in [0.05, 0.1) is 13.1 Å². The number of esters is 2. The Labute approximate surface area is 194 Å². The second kappa shape index (κ2) is 13.6. The molecule has 1 aliphatic rings. The van der Waals surface area contributed by atoms with Crippen molar-refractivity contribution in [2.45, 2.75) is 109 Å². The Morgan fingerprint density at radius 1 is 0.812 bits per heavy atom. The highest BCUT2D eigenvalue weighted by molar-refractivity contribution is 5.70. The number of hydrogen-bond acceptors (Lipinski definition) is 4. The molecule has 180 valence electrons. The van der Waals surface area contributed by atoms with Gasteiger partial charge >= 0.3 is 11.9 Å². The highest BCUT2D eigenvalue weighted by atomic mass is 16.6. The summed E-state index contributed by atoms with van der Waals surface area (Å²) >= 11 is 0. The van der Waals surface area contributed by atoms with Gasteiger partial charge in [0.2, 0.25) is 0 Å². The zero-order valence-corrected chi connectivity index (χ0v) is 20.5. The van der Waals surface area contributed by atoms with E-state index in [2.05, 4.69) is 17.4 Å². The number of piperidine rings is 1. The Hall–Kier alpha value is -1.88. The summed E-state index contributed by atoms with van der Waals surface area (Å²) in [7, 11) is 0. The van der Waals surface area contributed by atoms with Gasteiger partial charge < -0.3 is 14.8 Å². The number of hydrogen-bond donors (Lipinski definition) is 1. The molecule has 1 heterocycles. The molecule has 1 saturated heterocycles. The van der Waals surface area contributed by atoms with Crippen LogP contribution in [0, 0.1) is 0 Å². The molecule has 1 aromatic carbocycles. The van der Waals surface area contributed by atoms with Gasteiger partial charge in [0, 0.05) is 25.7 Å². The lowest BCUT2D eigenvalue weighted by molar-refractivity contribution is -0.668. The van der Waals surface area contributed by atoms with E-state index in [1.807, 2.05) is 39.0 Å². The number of carbonyl (C=O) groups excluding carboxylic acids is 2. The Balaban J connectivity index is 1.53. The lowest BCUT2D eigenvalue weighted by atomic mass is 9.84. The number of rotatable bonds is 13. The first-order valence-electron chi connectivity index (χ1n) is 12.6. The van der Waals surface area contributed by atoms with E-state index in [0.717, 1.165) is 70.0 Å². The van der Waals surface area contributed by atoms with Crippen molar-refractivity contribution in [3.63, 3.8) is 0 Å². The van der Waals surface area contributed by atoms with E-state index in [-0.39, 0.29) is 17.5 Å². The number of nitrogens with two attached hydrogens (primary N) is 1. The normalized spacial score (nSPS) is 15.8. The molecule has 1 aliphatic heterocycles. The average Bonchev–Trinajstić information content (AvgIpc) is 2.75. The first kappa shape index (κ1) is 26.4. The van der Waals surface area contributed by atoms with Crippen LogP contribution in [-0.4, -0.2) is 30.6 Å². The molecule has 0 spiro atoms. The summed E-state index contributed by atoms with van der Waals surface area (Å²) in [5, 5.41) is 2.30. The number of benzene rings is 1. The number of carbonyl (C=O) groups is 2. The van der Waals surface area contributed by atoms with Gasteiger partial charge in [0.25, 0.3) is 0 Å². The Kier molecular flexibility index (Phi) is 11.2. The van der Waals surface area contributed by atoms with Crippen molar-refractivity contribution < 1.29 is 24.4 Å². The highest BCUT2D eigenvalue weighted by Gasteiger charge is 2.39. The van der Waals surface area contributed by atoms with Crippen molar-refractivity contribution >= 4 is 11.9 Å². The summed E-state index contributed by atoms with van der Waals surface area (Å²) < 4.78 is 11.4. The van der Waals surface area contributed by atoms with Crippen LogP contribution in [0.5, 0.6) is 0 Å². The van der Waals surface area contributed by atoms with E-state index in [9.17, 15) is 9.59 Å². The summed E-state index contributed by atoms with van der Waals surface area (Å²) in [6.07, 6.45) is 11.4. The molecule has 1 aromatic rings. The van der Waals surface area contributed by atoms with E-state index >= 15 is 0 Å². The van der Waals surface area contributed by atoms with Crippen molar-refractivity contribution in [2.75, 3.05) is 13.1 Å². The fourth-order valence-electron chi connectivity index (χ4n) is 4.39. The second-order valence-electron chi connectivity index (χ2n) is 10.1. The van der Waals surface area contributed by atoms with Crippen LogP contribution in [0.15, 0.2) is 30.3 Å². The first-order valence-corrected chi connectivity index (χ1v) is 12.6. The van der Waals surface area contributed by atoms with Gasteiger partial charge in [-0.25, -0.2) is 0 Å². The largest absolute Gasteiger partial charge is 0.460 e. The zero-order valence-electron chi connectivity index (χ0n) is 20.5. The van der Waals surface area contributed by atoms with Crippen LogP contribution in [0.4, 0.5) is 0 Å². The zero-order chi connectivity index (χ0) is 23.3. The quantitative estimate of drug-likeness (QED) is 0.341. The van der Waals surface area contributed by atoms with Crippen LogP contribution in [0.1, 0.15) is 103 Å². The van der Waals surface area contributed by atoms with Crippen LogP contribution in [0.3, 0.4) is 0 Å². The summed E-state index contributed by atoms with van der Waals surface area (Å²) in [5.74, 6) is -0.150. The minimum Gasteiger partial charge on any atom is -0.460 e. The molecule has 1 fully saturated rings.